The summed E-state index contributed by atoms with van der Waals surface area (Å²) in [6.45, 7) is -0.718. The number of rotatable bonds is 9. The highest BCUT2D eigenvalue weighted by Crippen LogP contribution is 2.47. The van der Waals surface area contributed by atoms with Gasteiger partial charge in [0.05, 0.1) is 31.2 Å². The monoisotopic (exact) mass is 545 g/mol. The summed E-state index contributed by atoms with van der Waals surface area (Å²) in [5.41, 5.74) is 3.57. The molecule has 2 aromatic rings. The summed E-state index contributed by atoms with van der Waals surface area (Å²) in [6, 6.07) is 16.7. The standard InChI is InChI=1S/C33H39NO6/c35-19-24-18-26-31(33(40)34(32(26)39)25-12-5-2-6-13-25)27(20-36)30(24)29(38)16-15-22(21-9-3-1-4-10-21)17-23-11-7-8-14-28(23)37/h1,3-4,7-11,14,17,25-27,29,31,35-38H,2,5-6,12-13,15-16,18-20H2/b22-17-/t26-,27+,29-,31-/m1/s1. The zero-order chi connectivity index (χ0) is 28.2. The lowest BCUT2D eigenvalue weighted by Gasteiger charge is -2.36. The predicted octanol–water partition coefficient (Wildman–Crippen LogP) is 4.31. The molecule has 2 aromatic carbocycles. The number of likely N-dealkylation sites (tertiary alicyclic amines) is 1. The number of aromatic hydroxyl groups is 1. The molecule has 1 saturated heterocycles. The van der Waals surface area contributed by atoms with Crippen LogP contribution in [-0.4, -0.2) is 62.5 Å². The van der Waals surface area contributed by atoms with Crippen LogP contribution in [-0.2, 0) is 9.59 Å². The van der Waals surface area contributed by atoms with E-state index in [1.54, 1.807) is 12.1 Å². The summed E-state index contributed by atoms with van der Waals surface area (Å²) in [4.78, 5) is 28.6. The zero-order valence-electron chi connectivity index (χ0n) is 22.8. The van der Waals surface area contributed by atoms with Crippen molar-refractivity contribution in [2.24, 2.45) is 17.8 Å². The second kappa shape index (κ2) is 12.5. The van der Waals surface area contributed by atoms with E-state index < -0.39 is 23.9 Å². The minimum absolute atomic E-state index is 0.0994. The van der Waals surface area contributed by atoms with Crippen molar-refractivity contribution < 1.29 is 30.0 Å². The van der Waals surface area contributed by atoms with Crippen LogP contribution in [0.1, 0.15) is 62.5 Å². The number of aliphatic hydroxyl groups excluding tert-OH is 3. The lowest BCUT2D eigenvalue weighted by atomic mass is 9.68. The summed E-state index contributed by atoms with van der Waals surface area (Å²) in [5.74, 6) is -2.32. The molecule has 0 aromatic heterocycles. The van der Waals surface area contributed by atoms with Gasteiger partial charge >= 0.3 is 0 Å². The van der Waals surface area contributed by atoms with Crippen molar-refractivity contribution in [3.63, 3.8) is 0 Å². The van der Waals surface area contributed by atoms with Gasteiger partial charge in [-0.1, -0.05) is 67.8 Å². The van der Waals surface area contributed by atoms with E-state index in [4.69, 9.17) is 0 Å². The average Bonchev–Trinajstić information content (AvgIpc) is 3.24. The van der Waals surface area contributed by atoms with Gasteiger partial charge in [0.1, 0.15) is 5.75 Å². The molecule has 2 amide bonds. The third kappa shape index (κ3) is 5.51. The van der Waals surface area contributed by atoms with Gasteiger partial charge in [0.15, 0.2) is 0 Å². The smallest absolute Gasteiger partial charge is 0.234 e. The molecule has 4 atom stereocenters. The van der Waals surface area contributed by atoms with E-state index in [2.05, 4.69) is 0 Å². The van der Waals surface area contributed by atoms with Crippen molar-refractivity contribution in [3.8, 4) is 5.75 Å². The summed E-state index contributed by atoms with van der Waals surface area (Å²) in [5, 5.41) is 42.7. The third-order valence-corrected chi connectivity index (χ3v) is 9.00. The summed E-state index contributed by atoms with van der Waals surface area (Å²) in [7, 11) is 0. The molecule has 3 aliphatic rings. The van der Waals surface area contributed by atoms with Gasteiger partial charge in [-0.15, -0.1) is 0 Å². The Balaban J connectivity index is 1.41. The Labute approximate surface area is 235 Å². The lowest BCUT2D eigenvalue weighted by Crippen LogP contribution is -2.42. The number of hydrogen-bond donors (Lipinski definition) is 4. The van der Waals surface area contributed by atoms with Crippen molar-refractivity contribution >= 4 is 23.5 Å². The Morgan fingerprint density at radius 1 is 0.950 bits per heavy atom. The second-order valence-corrected chi connectivity index (χ2v) is 11.3. The minimum Gasteiger partial charge on any atom is -0.507 e. The Hall–Kier alpha value is -3.26. The van der Waals surface area contributed by atoms with Gasteiger partial charge in [0.25, 0.3) is 0 Å². The van der Waals surface area contributed by atoms with Gasteiger partial charge in [-0.2, -0.15) is 0 Å². The molecule has 0 bridgehead atoms. The number of benzene rings is 2. The highest BCUT2D eigenvalue weighted by atomic mass is 16.3. The maximum absolute atomic E-state index is 13.7. The van der Waals surface area contributed by atoms with E-state index in [1.807, 2.05) is 48.5 Å². The lowest BCUT2D eigenvalue weighted by molar-refractivity contribution is -0.143. The molecule has 0 unspecified atom stereocenters. The Bertz CT molecular complexity index is 1280. The fourth-order valence-corrected chi connectivity index (χ4v) is 7.03. The second-order valence-electron chi connectivity index (χ2n) is 11.3. The molecule has 1 aliphatic heterocycles. The van der Waals surface area contributed by atoms with E-state index in [1.165, 1.54) is 4.90 Å². The van der Waals surface area contributed by atoms with Gasteiger partial charge in [-0.3, -0.25) is 14.5 Å². The number of hydrogen-bond acceptors (Lipinski definition) is 6. The predicted molar refractivity (Wildman–Crippen MR) is 153 cm³/mol. The van der Waals surface area contributed by atoms with Crippen LogP contribution in [0.15, 0.2) is 65.7 Å². The number of nitrogens with zero attached hydrogens (tertiary/aromatic N) is 1. The van der Waals surface area contributed by atoms with Crippen molar-refractivity contribution in [1.82, 2.24) is 4.90 Å². The van der Waals surface area contributed by atoms with E-state index >= 15 is 0 Å². The van der Waals surface area contributed by atoms with E-state index in [0.29, 0.717) is 23.1 Å². The number of phenols is 1. The fraction of sp³-hybridized carbons (Fsp3) is 0.455. The molecule has 1 heterocycles. The van der Waals surface area contributed by atoms with Crippen molar-refractivity contribution in [3.05, 3.63) is 76.9 Å². The van der Waals surface area contributed by atoms with Crippen molar-refractivity contribution in [1.29, 1.82) is 0 Å². The number of carbonyl (C=O) groups is 2. The van der Waals surface area contributed by atoms with Gasteiger partial charge in [0, 0.05) is 17.5 Å². The van der Waals surface area contributed by atoms with Crippen LogP contribution < -0.4 is 0 Å². The number of imide groups is 1. The first-order valence-corrected chi connectivity index (χ1v) is 14.5. The molecule has 7 heteroatoms. The van der Waals surface area contributed by atoms with Gasteiger partial charge < -0.3 is 20.4 Å². The number of fused-ring (bicyclic) bond motifs is 1. The molecular weight excluding hydrogens is 506 g/mol. The topological polar surface area (TPSA) is 118 Å². The molecule has 0 spiro atoms. The zero-order valence-corrected chi connectivity index (χ0v) is 22.8. The highest BCUT2D eigenvalue weighted by molar-refractivity contribution is 6.06. The molecule has 1 saturated carbocycles. The normalized spacial score (nSPS) is 24.9. The summed E-state index contributed by atoms with van der Waals surface area (Å²) < 4.78 is 0. The quantitative estimate of drug-likeness (QED) is 0.212. The van der Waals surface area contributed by atoms with Gasteiger partial charge in [0.2, 0.25) is 11.8 Å². The molecule has 5 rings (SSSR count). The van der Waals surface area contributed by atoms with Crippen LogP contribution in [0.5, 0.6) is 5.75 Å². The molecular formula is C33H39NO6. The minimum atomic E-state index is -1.01. The highest BCUT2D eigenvalue weighted by Gasteiger charge is 2.56. The first kappa shape index (κ1) is 28.3. The Morgan fingerprint density at radius 2 is 1.65 bits per heavy atom. The van der Waals surface area contributed by atoms with Crippen LogP contribution in [0.3, 0.4) is 0 Å². The molecule has 40 heavy (non-hydrogen) atoms. The molecule has 2 fully saturated rings. The van der Waals surface area contributed by atoms with Crippen molar-refractivity contribution in [2.75, 3.05) is 13.2 Å². The third-order valence-electron chi connectivity index (χ3n) is 9.00. The summed E-state index contributed by atoms with van der Waals surface area (Å²) in [6.07, 6.45) is 6.55. The van der Waals surface area contributed by atoms with Gasteiger partial charge in [-0.05, 0) is 66.5 Å². The van der Waals surface area contributed by atoms with Crippen LogP contribution in [0.2, 0.25) is 0 Å². The molecule has 2 aliphatic carbocycles. The molecule has 4 N–H and O–H groups in total. The number of allylic oxidation sites excluding steroid dienone is 1. The SMILES string of the molecule is O=C1[C@@H]2[C@@H](CC(CO)=C([C@H](O)CC/C(=C/c3ccccc3O)c3ccccc3)[C@@H]2CO)C(=O)N1C1CCCCC1. The van der Waals surface area contributed by atoms with E-state index in [9.17, 15) is 30.0 Å². The average molecular weight is 546 g/mol. The Morgan fingerprint density at radius 3 is 2.33 bits per heavy atom. The van der Waals surface area contributed by atoms with Crippen molar-refractivity contribution in [2.45, 2.75) is 63.5 Å². The number of carbonyl (C=O) groups excluding carboxylic acids is 2. The number of amides is 2. The van der Waals surface area contributed by atoms with Crippen LogP contribution in [0.25, 0.3) is 11.6 Å². The molecule has 7 nitrogen and oxygen atoms in total. The maximum Gasteiger partial charge on any atom is 0.234 e. The fourth-order valence-electron chi connectivity index (χ4n) is 7.03. The largest absolute Gasteiger partial charge is 0.507 e. The molecule has 0 radical (unpaired) electrons. The maximum atomic E-state index is 13.7. The number of phenolic OH excluding ortho intramolecular Hbond substituents is 1. The van der Waals surface area contributed by atoms with Crippen LogP contribution in [0.4, 0.5) is 0 Å². The number of aliphatic hydroxyl groups is 3. The van der Waals surface area contributed by atoms with Crippen LogP contribution >= 0.6 is 0 Å². The van der Waals surface area contributed by atoms with Gasteiger partial charge in [-0.25, -0.2) is 0 Å². The Kier molecular flexibility index (Phi) is 8.84. The van der Waals surface area contributed by atoms with E-state index in [0.717, 1.165) is 43.2 Å². The first-order valence-electron chi connectivity index (χ1n) is 14.5. The first-order chi connectivity index (χ1) is 19.4. The van der Waals surface area contributed by atoms with Crippen LogP contribution in [0, 0.1) is 17.8 Å². The molecule has 212 valence electrons. The summed E-state index contributed by atoms with van der Waals surface area (Å²) >= 11 is 0. The van der Waals surface area contributed by atoms with E-state index in [-0.39, 0.29) is 49.7 Å². The number of para-hydroxylation sites is 1.